The van der Waals surface area contributed by atoms with Crippen LogP contribution in [0.5, 0.6) is 17.2 Å². The van der Waals surface area contributed by atoms with Gasteiger partial charge in [0.2, 0.25) is 0 Å². The Bertz CT molecular complexity index is 1410. The Labute approximate surface area is 229 Å². The molecule has 0 radical (unpaired) electrons. The predicted molar refractivity (Wildman–Crippen MR) is 152 cm³/mol. The van der Waals surface area contributed by atoms with E-state index < -0.39 is 11.6 Å². The van der Waals surface area contributed by atoms with Crippen molar-refractivity contribution in [2.75, 3.05) is 13.2 Å². The number of ketones is 1. The second kappa shape index (κ2) is 12.5. The average Bonchev–Trinajstić information content (AvgIpc) is 2.93. The Kier molecular flexibility index (Phi) is 8.87. The molecule has 0 aliphatic heterocycles. The van der Waals surface area contributed by atoms with Crippen LogP contribution in [0.2, 0.25) is 0 Å². The van der Waals surface area contributed by atoms with Crippen molar-refractivity contribution in [2.45, 2.75) is 45.8 Å². The lowest BCUT2D eigenvalue weighted by atomic mass is 9.98. The summed E-state index contributed by atoms with van der Waals surface area (Å²) in [6, 6.07) is 28.1. The predicted octanol–water partition coefficient (Wildman–Crippen LogP) is 7.03. The van der Waals surface area contributed by atoms with Gasteiger partial charge >= 0.3 is 5.97 Å². The molecular formula is C33H34O6. The van der Waals surface area contributed by atoms with Crippen LogP contribution in [0.15, 0.2) is 91.0 Å². The molecule has 0 bridgehead atoms. The van der Waals surface area contributed by atoms with Crippen molar-refractivity contribution in [3.63, 3.8) is 0 Å². The standard InChI is InChI=1S/C33H34O6/c1-5-36-32(35)33(3,4)39-28-17-15-27(16-18-28)37-20-19-23(2)38-30-22-26-14-10-9-13-25(26)21-29(30)31(34)24-11-7-6-8-12-24/h6-18,21-23H,5,19-20H2,1-4H3. The Morgan fingerprint density at radius 1 is 0.821 bits per heavy atom. The summed E-state index contributed by atoms with van der Waals surface area (Å²) in [5, 5.41) is 1.99. The quantitative estimate of drug-likeness (QED) is 0.146. The molecule has 39 heavy (non-hydrogen) atoms. The lowest BCUT2D eigenvalue weighted by Gasteiger charge is -2.24. The number of hydrogen-bond donors (Lipinski definition) is 0. The highest BCUT2D eigenvalue weighted by Crippen LogP contribution is 2.30. The van der Waals surface area contributed by atoms with Crippen molar-refractivity contribution in [1.82, 2.24) is 0 Å². The molecule has 0 aromatic heterocycles. The second-order valence-electron chi connectivity index (χ2n) is 9.76. The molecule has 0 N–H and O–H groups in total. The third-order valence-electron chi connectivity index (χ3n) is 6.21. The van der Waals surface area contributed by atoms with E-state index in [0.29, 0.717) is 48.0 Å². The summed E-state index contributed by atoms with van der Waals surface area (Å²) >= 11 is 0. The number of ether oxygens (including phenoxy) is 4. The normalized spacial score (nSPS) is 12.0. The lowest BCUT2D eigenvalue weighted by Crippen LogP contribution is -2.39. The largest absolute Gasteiger partial charge is 0.493 e. The van der Waals surface area contributed by atoms with E-state index in [4.69, 9.17) is 18.9 Å². The summed E-state index contributed by atoms with van der Waals surface area (Å²) in [6.45, 7) is 7.79. The monoisotopic (exact) mass is 526 g/mol. The first kappa shape index (κ1) is 27.7. The third-order valence-corrected chi connectivity index (χ3v) is 6.21. The highest BCUT2D eigenvalue weighted by Gasteiger charge is 2.31. The fraction of sp³-hybridized carbons (Fsp3) is 0.273. The van der Waals surface area contributed by atoms with Gasteiger partial charge in [-0.1, -0.05) is 54.6 Å². The molecule has 0 fully saturated rings. The molecule has 0 heterocycles. The number of carbonyl (C=O) groups is 2. The van der Waals surface area contributed by atoms with Crippen molar-refractivity contribution in [2.24, 2.45) is 0 Å². The first-order chi connectivity index (χ1) is 18.8. The molecule has 1 atom stereocenters. The van der Waals surface area contributed by atoms with Crippen molar-refractivity contribution in [3.05, 3.63) is 102 Å². The molecule has 0 aliphatic carbocycles. The van der Waals surface area contributed by atoms with E-state index in [9.17, 15) is 9.59 Å². The number of carbonyl (C=O) groups excluding carboxylic acids is 2. The zero-order valence-electron chi connectivity index (χ0n) is 22.8. The van der Waals surface area contributed by atoms with E-state index in [0.717, 1.165) is 10.8 Å². The van der Waals surface area contributed by atoms with Gasteiger partial charge < -0.3 is 18.9 Å². The molecule has 0 saturated heterocycles. The summed E-state index contributed by atoms with van der Waals surface area (Å²) in [5.41, 5.74) is 0.0648. The van der Waals surface area contributed by atoms with Gasteiger partial charge in [0.05, 0.1) is 24.9 Å². The molecule has 0 amide bonds. The topological polar surface area (TPSA) is 71.1 Å². The minimum atomic E-state index is -1.09. The Morgan fingerprint density at radius 2 is 1.44 bits per heavy atom. The van der Waals surface area contributed by atoms with Gasteiger partial charge in [0.1, 0.15) is 17.2 Å². The number of fused-ring (bicyclic) bond motifs is 1. The van der Waals surface area contributed by atoms with Gasteiger partial charge in [-0.15, -0.1) is 0 Å². The summed E-state index contributed by atoms with van der Waals surface area (Å²) < 4.78 is 23.1. The number of esters is 1. The van der Waals surface area contributed by atoms with Crippen molar-refractivity contribution in [3.8, 4) is 17.2 Å². The van der Waals surface area contributed by atoms with Crippen LogP contribution < -0.4 is 14.2 Å². The van der Waals surface area contributed by atoms with Crippen molar-refractivity contribution < 1.29 is 28.5 Å². The van der Waals surface area contributed by atoms with E-state index >= 15 is 0 Å². The molecule has 4 aromatic carbocycles. The van der Waals surface area contributed by atoms with Gasteiger partial charge in [-0.05, 0) is 74.9 Å². The molecule has 0 saturated carbocycles. The van der Waals surface area contributed by atoms with Gasteiger partial charge in [0.25, 0.3) is 0 Å². The maximum Gasteiger partial charge on any atom is 0.349 e. The Morgan fingerprint density at radius 3 is 2.10 bits per heavy atom. The van der Waals surface area contributed by atoms with Gasteiger partial charge in [-0.3, -0.25) is 4.79 Å². The van der Waals surface area contributed by atoms with Gasteiger partial charge in [0, 0.05) is 12.0 Å². The zero-order valence-corrected chi connectivity index (χ0v) is 22.8. The van der Waals surface area contributed by atoms with E-state index in [-0.39, 0.29) is 11.9 Å². The van der Waals surface area contributed by atoms with Gasteiger partial charge in [0.15, 0.2) is 11.4 Å². The summed E-state index contributed by atoms with van der Waals surface area (Å²) in [5.74, 6) is 1.28. The fourth-order valence-electron chi connectivity index (χ4n) is 4.10. The van der Waals surface area contributed by atoms with Crippen LogP contribution in [0.4, 0.5) is 0 Å². The number of benzene rings is 4. The maximum absolute atomic E-state index is 13.3. The molecule has 6 nitrogen and oxygen atoms in total. The molecular weight excluding hydrogens is 492 g/mol. The third kappa shape index (κ3) is 7.17. The van der Waals surface area contributed by atoms with E-state index in [1.807, 2.05) is 73.7 Å². The fourth-order valence-corrected chi connectivity index (χ4v) is 4.10. The number of hydrogen-bond acceptors (Lipinski definition) is 6. The van der Waals surface area contributed by atoms with Gasteiger partial charge in [-0.2, -0.15) is 0 Å². The Hall–Kier alpha value is -4.32. The van der Waals surface area contributed by atoms with Crippen LogP contribution in [0, 0.1) is 0 Å². The summed E-state index contributed by atoms with van der Waals surface area (Å²) in [7, 11) is 0. The first-order valence-electron chi connectivity index (χ1n) is 13.1. The van der Waals surface area contributed by atoms with Gasteiger partial charge in [-0.25, -0.2) is 4.79 Å². The minimum absolute atomic E-state index is 0.0757. The molecule has 0 spiro atoms. The molecule has 1 unspecified atom stereocenters. The highest BCUT2D eigenvalue weighted by atomic mass is 16.6. The number of rotatable bonds is 12. The van der Waals surface area contributed by atoms with Crippen molar-refractivity contribution in [1.29, 1.82) is 0 Å². The van der Waals surface area contributed by atoms with E-state index in [2.05, 4.69) is 0 Å². The molecule has 6 heteroatoms. The maximum atomic E-state index is 13.3. The molecule has 4 rings (SSSR count). The van der Waals surface area contributed by atoms with Crippen LogP contribution in [0.3, 0.4) is 0 Å². The second-order valence-corrected chi connectivity index (χ2v) is 9.76. The van der Waals surface area contributed by atoms with Crippen LogP contribution in [-0.2, 0) is 9.53 Å². The highest BCUT2D eigenvalue weighted by molar-refractivity contribution is 6.12. The molecule has 4 aromatic rings. The molecule has 0 aliphatic rings. The molecule has 202 valence electrons. The smallest absolute Gasteiger partial charge is 0.349 e. The first-order valence-corrected chi connectivity index (χ1v) is 13.1. The van der Waals surface area contributed by atoms with Crippen LogP contribution in [0.1, 0.15) is 50.0 Å². The van der Waals surface area contributed by atoms with Crippen LogP contribution >= 0.6 is 0 Å². The van der Waals surface area contributed by atoms with Crippen LogP contribution in [-0.4, -0.2) is 36.7 Å². The van der Waals surface area contributed by atoms with Crippen molar-refractivity contribution >= 4 is 22.5 Å². The van der Waals surface area contributed by atoms with E-state index in [1.54, 1.807) is 45.0 Å². The SMILES string of the molecule is CCOC(=O)C(C)(C)Oc1ccc(OCCC(C)Oc2cc3ccccc3cc2C(=O)c2ccccc2)cc1. The van der Waals surface area contributed by atoms with Crippen LogP contribution in [0.25, 0.3) is 10.8 Å². The minimum Gasteiger partial charge on any atom is -0.493 e. The lowest BCUT2D eigenvalue weighted by molar-refractivity contribution is -0.158. The summed E-state index contributed by atoms with van der Waals surface area (Å²) in [6.07, 6.45) is 0.418. The summed E-state index contributed by atoms with van der Waals surface area (Å²) in [4.78, 5) is 25.4. The zero-order chi connectivity index (χ0) is 27.8. The van der Waals surface area contributed by atoms with E-state index in [1.165, 1.54) is 0 Å². The Balaban J connectivity index is 1.38. The average molecular weight is 527 g/mol.